The van der Waals surface area contributed by atoms with Gasteiger partial charge < -0.3 is 4.90 Å². The van der Waals surface area contributed by atoms with Crippen molar-refractivity contribution in [3.05, 3.63) is 54.0 Å². The van der Waals surface area contributed by atoms with Crippen LogP contribution in [0.1, 0.15) is 37.1 Å². The standard InChI is InChI=1S/C18H18F3N5/c1-12-7-8-14(13-5-3-2-4-6-13)25(10-12)16-9-15(18(19,20)21)24-17-22-11-23-26(16)17/h2-6,9,11-12,14H,7-8,10H2,1H3/t12-,14+/m0/s1. The van der Waals surface area contributed by atoms with Crippen LogP contribution >= 0.6 is 0 Å². The van der Waals surface area contributed by atoms with Gasteiger partial charge in [-0.3, -0.25) is 0 Å². The number of halogens is 3. The normalized spacial score (nSPS) is 21.3. The largest absolute Gasteiger partial charge is 0.433 e. The van der Waals surface area contributed by atoms with Gasteiger partial charge in [0.15, 0.2) is 5.69 Å². The Hall–Kier alpha value is -2.64. The number of nitrogens with zero attached hydrogens (tertiary/aromatic N) is 5. The maximum Gasteiger partial charge on any atom is 0.433 e. The first-order chi connectivity index (χ1) is 12.4. The van der Waals surface area contributed by atoms with Crippen molar-refractivity contribution in [2.75, 3.05) is 11.4 Å². The smallest absolute Gasteiger partial charge is 0.349 e. The molecule has 1 aromatic carbocycles. The van der Waals surface area contributed by atoms with Gasteiger partial charge in [-0.15, -0.1) is 0 Å². The number of hydrogen-bond donors (Lipinski definition) is 0. The molecule has 0 aliphatic carbocycles. The van der Waals surface area contributed by atoms with Crippen LogP contribution in [-0.2, 0) is 6.18 Å². The Morgan fingerprint density at radius 1 is 1.12 bits per heavy atom. The summed E-state index contributed by atoms with van der Waals surface area (Å²) < 4.78 is 41.4. The van der Waals surface area contributed by atoms with E-state index in [-0.39, 0.29) is 11.8 Å². The Balaban J connectivity index is 1.86. The van der Waals surface area contributed by atoms with Gasteiger partial charge in [-0.05, 0) is 24.3 Å². The van der Waals surface area contributed by atoms with E-state index < -0.39 is 11.9 Å². The zero-order chi connectivity index (χ0) is 18.3. The number of anilines is 1. The molecule has 3 aromatic rings. The minimum atomic E-state index is -4.54. The first-order valence-corrected chi connectivity index (χ1v) is 8.53. The second-order valence-electron chi connectivity index (χ2n) is 6.73. The van der Waals surface area contributed by atoms with Crippen molar-refractivity contribution in [1.29, 1.82) is 0 Å². The quantitative estimate of drug-likeness (QED) is 0.689. The van der Waals surface area contributed by atoms with Crippen LogP contribution < -0.4 is 4.90 Å². The average molecular weight is 361 g/mol. The van der Waals surface area contributed by atoms with Gasteiger partial charge in [-0.2, -0.15) is 27.8 Å². The second-order valence-corrected chi connectivity index (χ2v) is 6.73. The van der Waals surface area contributed by atoms with Crippen LogP contribution in [0.2, 0.25) is 0 Å². The van der Waals surface area contributed by atoms with E-state index in [4.69, 9.17) is 0 Å². The molecule has 0 spiro atoms. The van der Waals surface area contributed by atoms with Crippen LogP contribution in [0.25, 0.3) is 5.78 Å². The first kappa shape index (κ1) is 16.8. The van der Waals surface area contributed by atoms with Crippen molar-refractivity contribution in [3.63, 3.8) is 0 Å². The fraction of sp³-hybridized carbons (Fsp3) is 0.389. The lowest BCUT2D eigenvalue weighted by molar-refractivity contribution is -0.141. The lowest BCUT2D eigenvalue weighted by atomic mass is 9.90. The number of piperidine rings is 1. The molecule has 1 fully saturated rings. The Morgan fingerprint density at radius 3 is 2.62 bits per heavy atom. The molecule has 2 aromatic heterocycles. The van der Waals surface area contributed by atoms with Crippen molar-refractivity contribution in [2.45, 2.75) is 32.0 Å². The van der Waals surface area contributed by atoms with E-state index in [1.54, 1.807) is 0 Å². The highest BCUT2D eigenvalue weighted by atomic mass is 19.4. The van der Waals surface area contributed by atoms with Crippen LogP contribution in [0.3, 0.4) is 0 Å². The Bertz CT molecular complexity index is 906. The molecule has 1 aliphatic heterocycles. The van der Waals surface area contributed by atoms with Crippen LogP contribution in [0.4, 0.5) is 19.0 Å². The zero-order valence-corrected chi connectivity index (χ0v) is 14.2. The molecule has 1 saturated heterocycles. The average Bonchev–Trinajstić information content (AvgIpc) is 3.09. The molecule has 0 amide bonds. The minimum Gasteiger partial charge on any atom is -0.349 e. The molecule has 26 heavy (non-hydrogen) atoms. The molecule has 8 heteroatoms. The number of hydrogen-bond acceptors (Lipinski definition) is 4. The highest BCUT2D eigenvalue weighted by Gasteiger charge is 2.36. The number of aromatic nitrogens is 4. The van der Waals surface area contributed by atoms with Gasteiger partial charge in [-0.25, -0.2) is 4.98 Å². The van der Waals surface area contributed by atoms with Gasteiger partial charge in [0.2, 0.25) is 0 Å². The Labute approximate surface area is 148 Å². The summed E-state index contributed by atoms with van der Waals surface area (Å²) in [5, 5.41) is 4.10. The summed E-state index contributed by atoms with van der Waals surface area (Å²) in [4.78, 5) is 9.50. The lowest BCUT2D eigenvalue weighted by Crippen LogP contribution is -2.38. The van der Waals surface area contributed by atoms with E-state index in [2.05, 4.69) is 22.0 Å². The van der Waals surface area contributed by atoms with Gasteiger partial charge in [0.25, 0.3) is 5.78 Å². The number of fused-ring (bicyclic) bond motifs is 1. The van der Waals surface area contributed by atoms with Crippen molar-refractivity contribution < 1.29 is 13.2 Å². The first-order valence-electron chi connectivity index (χ1n) is 8.53. The van der Waals surface area contributed by atoms with Gasteiger partial charge in [0.1, 0.15) is 12.1 Å². The molecule has 0 N–H and O–H groups in total. The summed E-state index contributed by atoms with van der Waals surface area (Å²) in [7, 11) is 0. The zero-order valence-electron chi connectivity index (χ0n) is 14.2. The van der Waals surface area contributed by atoms with Gasteiger partial charge in [-0.1, -0.05) is 37.3 Å². The van der Waals surface area contributed by atoms with E-state index in [0.29, 0.717) is 18.3 Å². The fourth-order valence-electron chi connectivity index (χ4n) is 3.57. The van der Waals surface area contributed by atoms with Crippen LogP contribution in [0, 0.1) is 5.92 Å². The van der Waals surface area contributed by atoms with Crippen molar-refractivity contribution in [3.8, 4) is 0 Å². The van der Waals surface area contributed by atoms with E-state index >= 15 is 0 Å². The van der Waals surface area contributed by atoms with Crippen LogP contribution in [-0.4, -0.2) is 26.1 Å². The maximum atomic E-state index is 13.3. The summed E-state index contributed by atoms with van der Waals surface area (Å²) in [6.07, 6.45) is -1.41. The summed E-state index contributed by atoms with van der Waals surface area (Å²) in [6.45, 7) is 2.76. The fourth-order valence-corrected chi connectivity index (χ4v) is 3.57. The molecule has 5 nitrogen and oxygen atoms in total. The monoisotopic (exact) mass is 361 g/mol. The van der Waals surface area contributed by atoms with Gasteiger partial charge in [0, 0.05) is 12.6 Å². The van der Waals surface area contributed by atoms with Crippen molar-refractivity contribution >= 4 is 11.6 Å². The Kier molecular flexibility index (Phi) is 4.05. The van der Waals surface area contributed by atoms with E-state index in [1.165, 1.54) is 10.8 Å². The third-order valence-corrected chi connectivity index (χ3v) is 4.82. The number of benzene rings is 1. The summed E-state index contributed by atoms with van der Waals surface area (Å²) in [5.41, 5.74) is 0.135. The van der Waals surface area contributed by atoms with Crippen molar-refractivity contribution in [2.24, 2.45) is 5.92 Å². The molecule has 0 unspecified atom stereocenters. The SMILES string of the molecule is C[C@H]1CC[C@H](c2ccccc2)N(c2cc(C(F)(F)F)nc3ncnn23)C1. The molecule has 136 valence electrons. The summed E-state index contributed by atoms with van der Waals surface area (Å²) in [6, 6.07) is 10.9. The molecule has 4 rings (SSSR count). The van der Waals surface area contributed by atoms with Gasteiger partial charge in [0.05, 0.1) is 6.04 Å². The van der Waals surface area contributed by atoms with E-state index in [1.807, 2.05) is 35.2 Å². The second kappa shape index (κ2) is 6.26. The van der Waals surface area contributed by atoms with Crippen molar-refractivity contribution in [1.82, 2.24) is 19.6 Å². The number of rotatable bonds is 2. The maximum absolute atomic E-state index is 13.3. The highest BCUT2D eigenvalue weighted by molar-refractivity contribution is 5.50. The Morgan fingerprint density at radius 2 is 1.88 bits per heavy atom. The molecule has 0 radical (unpaired) electrons. The highest BCUT2D eigenvalue weighted by Crippen LogP contribution is 2.38. The van der Waals surface area contributed by atoms with Crippen LogP contribution in [0.15, 0.2) is 42.7 Å². The summed E-state index contributed by atoms with van der Waals surface area (Å²) >= 11 is 0. The van der Waals surface area contributed by atoms with Crippen LogP contribution in [0.5, 0.6) is 0 Å². The molecular formula is C18H18F3N5. The number of alkyl halides is 3. The predicted octanol–water partition coefficient (Wildman–Crippen LogP) is 4.12. The molecule has 0 saturated carbocycles. The molecule has 2 atom stereocenters. The minimum absolute atomic E-state index is 0.0108. The molecular weight excluding hydrogens is 343 g/mol. The molecule has 0 bridgehead atoms. The third-order valence-electron chi connectivity index (χ3n) is 4.82. The lowest BCUT2D eigenvalue weighted by Gasteiger charge is -2.40. The predicted molar refractivity (Wildman–Crippen MR) is 90.7 cm³/mol. The molecule has 1 aliphatic rings. The third kappa shape index (κ3) is 3.00. The van der Waals surface area contributed by atoms with E-state index in [0.717, 1.165) is 24.5 Å². The van der Waals surface area contributed by atoms with E-state index in [9.17, 15) is 13.2 Å². The topological polar surface area (TPSA) is 46.3 Å². The molecule has 3 heterocycles. The van der Waals surface area contributed by atoms with Gasteiger partial charge >= 0.3 is 6.18 Å². The summed E-state index contributed by atoms with van der Waals surface area (Å²) in [5.74, 6) is 0.705.